The number of hydrogen-bond acceptors (Lipinski definition) is 29. The van der Waals surface area contributed by atoms with Gasteiger partial charge in [0.15, 0.2) is 0 Å². The average Bonchev–Trinajstić information content (AvgIpc) is 1.51. The zero-order chi connectivity index (χ0) is 90.3. The molecule has 14 rings (SSSR count). The quantitative estimate of drug-likeness (QED) is 0.0431. The number of fused-ring (bicyclic) bond motifs is 4. The third-order valence-electron chi connectivity index (χ3n) is 21.2. The van der Waals surface area contributed by atoms with Crippen LogP contribution in [-0.4, -0.2) is 339 Å². The molecule has 4 aliphatic rings. The molecule has 0 radical (unpaired) electrons. The third kappa shape index (κ3) is 24.4. The summed E-state index contributed by atoms with van der Waals surface area (Å²) in [6.07, 6.45) is -17.0. The molecule has 4 saturated heterocycles. The van der Waals surface area contributed by atoms with Crippen molar-refractivity contribution in [3.05, 3.63) is 166 Å². The summed E-state index contributed by atoms with van der Waals surface area (Å²) >= 11 is 0. The molecule has 126 heavy (non-hydrogen) atoms. The maximum Gasteiger partial charge on any atom is 0.213 e. The summed E-state index contributed by atoms with van der Waals surface area (Å²) in [6, 6.07) is 27.1. The lowest BCUT2D eigenvalue weighted by Crippen LogP contribution is -2.58. The molecular formula is C93H106N12O21. The summed E-state index contributed by atoms with van der Waals surface area (Å²) in [5, 5.41) is 192. The Labute approximate surface area is 727 Å². The monoisotopic (exact) mass is 1730 g/mol. The van der Waals surface area contributed by atoms with E-state index < -0.39 is 149 Å². The first-order valence-electron chi connectivity index (χ1n) is 41.2. The van der Waals surface area contributed by atoms with Crippen molar-refractivity contribution < 1.29 is 105 Å². The Morgan fingerprint density at radius 2 is 0.802 bits per heavy atom. The molecule has 0 spiro atoms. The molecule has 0 bridgehead atoms. The van der Waals surface area contributed by atoms with Gasteiger partial charge in [0.1, 0.15) is 122 Å². The van der Waals surface area contributed by atoms with Gasteiger partial charge in [0, 0.05) is 62.6 Å². The first-order chi connectivity index (χ1) is 60.8. The second-order valence-electron chi connectivity index (χ2n) is 30.8. The van der Waals surface area contributed by atoms with Gasteiger partial charge >= 0.3 is 0 Å². The van der Waals surface area contributed by atoms with Gasteiger partial charge < -0.3 is 111 Å². The van der Waals surface area contributed by atoms with Crippen molar-refractivity contribution in [2.45, 2.75) is 170 Å². The molecule has 664 valence electrons. The number of ether oxygens (including phenoxy) is 5. The Morgan fingerprint density at radius 3 is 1.16 bits per heavy atom. The van der Waals surface area contributed by atoms with Gasteiger partial charge in [0.2, 0.25) is 5.88 Å². The zero-order valence-corrected chi connectivity index (χ0v) is 70.4. The number of H-pyrrole nitrogens is 4. The smallest absolute Gasteiger partial charge is 0.213 e. The van der Waals surface area contributed by atoms with Crippen LogP contribution in [0.1, 0.15) is 84.7 Å². The van der Waals surface area contributed by atoms with Gasteiger partial charge in [-0.05, 0) is 112 Å². The molecule has 0 unspecified atom stereocenters. The number of aromatic amines is 4. The van der Waals surface area contributed by atoms with Crippen LogP contribution in [0, 0.1) is 95.7 Å². The average molecular weight is 1730 g/mol. The number of nitrogens with one attached hydrogen (secondary N) is 5. The van der Waals surface area contributed by atoms with Crippen molar-refractivity contribution in [1.29, 1.82) is 0 Å². The molecule has 0 amide bonds. The second kappa shape index (κ2) is 45.9. The Morgan fingerprint density at radius 1 is 0.437 bits per heavy atom. The highest BCUT2D eigenvalue weighted by molar-refractivity contribution is 5.91. The number of pyridine rings is 1. The maximum absolute atomic E-state index is 10.3. The van der Waals surface area contributed by atoms with Crippen LogP contribution in [0.2, 0.25) is 0 Å². The molecule has 21 N–H and O–H groups in total. The fourth-order valence-corrected chi connectivity index (χ4v) is 14.0. The lowest BCUT2D eigenvalue weighted by Gasteiger charge is -2.37. The highest BCUT2D eigenvalue weighted by atomic mass is 16.6. The van der Waals surface area contributed by atoms with Crippen LogP contribution in [0.4, 0.5) is 0 Å². The Balaban J connectivity index is 0.000000163. The predicted octanol–water partition coefficient (Wildman–Crippen LogP) is -0.430. The van der Waals surface area contributed by atoms with E-state index in [0.29, 0.717) is 71.3 Å². The molecule has 4 aliphatic heterocycles. The minimum Gasteiger partial charge on any atom is -0.478 e. The van der Waals surface area contributed by atoms with E-state index >= 15 is 0 Å². The van der Waals surface area contributed by atoms with Crippen molar-refractivity contribution >= 4 is 43.6 Å². The molecule has 0 aliphatic carbocycles. The van der Waals surface area contributed by atoms with Crippen LogP contribution in [0.3, 0.4) is 0 Å². The number of aryl methyl sites for hydroxylation is 1. The van der Waals surface area contributed by atoms with Crippen LogP contribution < -0.4 is 10.1 Å². The Kier molecular flexibility index (Phi) is 34.8. The van der Waals surface area contributed by atoms with E-state index in [9.17, 15) is 81.7 Å². The van der Waals surface area contributed by atoms with Gasteiger partial charge in [-0.15, -0.1) is 0 Å². The summed E-state index contributed by atoms with van der Waals surface area (Å²) in [5.74, 6) is 43.0. The Hall–Kier alpha value is -11.1. The summed E-state index contributed by atoms with van der Waals surface area (Å²) in [4.78, 5) is 8.69. The second-order valence-corrected chi connectivity index (χ2v) is 30.8. The van der Waals surface area contributed by atoms with Crippen LogP contribution in [-0.2, 0) is 25.5 Å². The van der Waals surface area contributed by atoms with Gasteiger partial charge in [-0.25, -0.2) is 4.98 Å². The summed E-state index contributed by atoms with van der Waals surface area (Å²) in [6.45, 7) is 16.2. The van der Waals surface area contributed by atoms with Gasteiger partial charge in [0.05, 0.1) is 122 Å². The topological polar surface area (TPSA) is 516 Å². The lowest BCUT2D eigenvalue weighted by atomic mass is 9.95. The molecule has 5 aromatic heterocycles. The molecule has 33 heteroatoms. The molecule has 5 aromatic carbocycles. The standard InChI is InChI=1S/C26H27N3O5.C23H25N3O6.2C22H27N3O5/c1-29(15-17-6-3-2-4-7-17)11-5-8-18-12-19(23-20(13-18)14-27-28-23)9-10-21-24(31)26(33)25(32)22(16-30)34-21;1-3-31-19-6-12(2)16(10-24-19)14-7-13(20-15(8-14)9-25-26-20)4-5-17-21(28)23(30)22(29)18(11-27)32-17;1-13(2)10-23-7-3-4-14-8-15(19-16(9-14)11-24-25-19)5-6-17-20(27)22(29)21(28)18(12-26)30-17;1-3-25(4-2)9-5-6-14-10-15(19-16(11-14)12-23-24-19)7-8-17-20(27)22(29)21(28)18(13-26)30-17/h2-4,6-7,12-14,21-22,24-26,30-33H,11,15-16H2,1H3,(H,27,28);6-10,17-18,21-23,27-30H,3,11H2,1-2H3,(H,25,26);8-9,11,13,17-18,20-23,26-29H,7,10,12H2,1-2H3,(H,24,25);10-12,17-18,20-22,26-29H,3-4,9,13H2,1-2H3,(H,23,24)/t21-,22-,24-,25-,26-;17-,18-,21-,22-,23-;2*17-,18-,20-,21-,22-/m1111/s1. The minimum atomic E-state index is -1.48. The third-order valence-corrected chi connectivity index (χ3v) is 21.2. The van der Waals surface area contributed by atoms with Crippen molar-refractivity contribution in [2.24, 2.45) is 5.92 Å². The van der Waals surface area contributed by atoms with Crippen LogP contribution >= 0.6 is 0 Å². The number of aromatic nitrogens is 9. The normalized spacial score (nSPS) is 25.5. The highest BCUT2D eigenvalue weighted by Crippen LogP contribution is 2.32. The number of hydrogen-bond donors (Lipinski definition) is 21. The SMILES string of the molecule is CC(C)CNCC#Cc1cc(C#C[C@H]2O[C@H](CO)[C@@H](O)[C@H](O)[C@@H]2O)c2[nH]ncc2c1.CCN(CC)CC#Cc1cc(C#C[C@H]2O[C@H](CO)[C@@H](O)[C@H](O)[C@@H]2O)c2[nH]ncc2c1.CCOc1cc(C)c(-c2cc(C#C[C@H]3O[C@H](CO)[C@@H](O)[C@H](O)[C@@H]3O)c3[nH]ncc3c2)cn1.CN(CC#Cc1cc(C#C[C@H]2O[C@H](CO)[C@@H](O)[C@H](O)[C@@H]2O)c2[nH]ncc2c1)Cc1ccccc1. The largest absolute Gasteiger partial charge is 0.478 e. The first-order valence-corrected chi connectivity index (χ1v) is 41.2. The fourth-order valence-electron chi connectivity index (χ4n) is 14.0. The summed E-state index contributed by atoms with van der Waals surface area (Å²) in [5.41, 5.74) is 11.6. The number of aliphatic hydroxyl groups is 16. The molecular weight excluding hydrogens is 1620 g/mol. The maximum atomic E-state index is 10.3. The van der Waals surface area contributed by atoms with Crippen molar-refractivity contribution in [1.82, 2.24) is 60.9 Å². The number of nitrogens with zero attached hydrogens (tertiary/aromatic N) is 7. The fraction of sp³-hybridized carbons (Fsp3) is 0.430. The predicted molar refractivity (Wildman–Crippen MR) is 465 cm³/mol. The molecule has 33 nitrogen and oxygen atoms in total. The van der Waals surface area contributed by atoms with Crippen LogP contribution in [0.15, 0.2) is 116 Å². The van der Waals surface area contributed by atoms with Gasteiger partial charge in [-0.1, -0.05) is 141 Å². The highest BCUT2D eigenvalue weighted by Gasteiger charge is 2.46. The van der Waals surface area contributed by atoms with E-state index in [2.05, 4.69) is 184 Å². The molecule has 20 atom stereocenters. The van der Waals surface area contributed by atoms with E-state index in [1.165, 1.54) is 5.56 Å². The number of benzene rings is 5. The van der Waals surface area contributed by atoms with E-state index in [1.54, 1.807) is 31.0 Å². The van der Waals surface area contributed by atoms with Crippen LogP contribution in [0.5, 0.6) is 5.88 Å². The summed E-state index contributed by atoms with van der Waals surface area (Å²) in [7, 11) is 2.01. The number of rotatable bonds is 16. The zero-order valence-electron chi connectivity index (χ0n) is 70.4. The molecule has 0 saturated carbocycles. The Bertz CT molecular complexity index is 5750. The summed E-state index contributed by atoms with van der Waals surface area (Å²) < 4.78 is 27.3. The van der Waals surface area contributed by atoms with Gasteiger partial charge in [-0.2, -0.15) is 20.4 Å². The van der Waals surface area contributed by atoms with Crippen molar-refractivity contribution in [3.63, 3.8) is 0 Å². The van der Waals surface area contributed by atoms with E-state index in [0.717, 1.165) is 92.1 Å². The van der Waals surface area contributed by atoms with Crippen LogP contribution in [0.25, 0.3) is 54.7 Å². The molecule has 10 aromatic rings. The van der Waals surface area contributed by atoms with Gasteiger partial charge in [-0.3, -0.25) is 30.2 Å². The minimum absolute atomic E-state index is 0.495. The lowest BCUT2D eigenvalue weighted by molar-refractivity contribution is -0.214. The molecule has 4 fully saturated rings. The van der Waals surface area contributed by atoms with E-state index in [-0.39, 0.29) is 0 Å². The number of aliphatic hydroxyl groups excluding tert-OH is 16. The van der Waals surface area contributed by atoms with Gasteiger partial charge in [0.25, 0.3) is 0 Å². The van der Waals surface area contributed by atoms with Crippen molar-refractivity contribution in [2.75, 3.05) is 79.4 Å². The molecule has 9 heterocycles. The van der Waals surface area contributed by atoms with E-state index in [4.69, 9.17) is 23.7 Å². The van der Waals surface area contributed by atoms with Crippen molar-refractivity contribution in [3.8, 4) is 99.9 Å². The first kappa shape index (κ1) is 95.6. The van der Waals surface area contributed by atoms with E-state index in [1.807, 2.05) is 93.7 Å².